The van der Waals surface area contributed by atoms with Crippen LogP contribution in [0.2, 0.25) is 0 Å². The molecular weight excluding hydrogens is 315 g/mol. The molecule has 1 atom stereocenters. The van der Waals surface area contributed by atoms with E-state index in [-0.39, 0.29) is 55.6 Å². The molecule has 0 aromatic heterocycles. The number of carboxylic acid groups (broad SMARTS) is 1. The summed E-state index contributed by atoms with van der Waals surface area (Å²) in [6.07, 6.45) is -0.360. The second kappa shape index (κ2) is 10.8. The Hall–Kier alpha value is -0.920. The fourth-order valence-electron chi connectivity index (χ4n) is 1.07. The number of carboxylic acids is 1. The Balaban J connectivity index is -0.00000144. The van der Waals surface area contributed by atoms with E-state index in [1.54, 1.807) is 0 Å². The monoisotopic (exact) mass is 335 g/mol. The Kier molecular flexibility index (Phi) is 13.0. The van der Waals surface area contributed by atoms with E-state index in [4.69, 9.17) is 16.6 Å². The first-order valence-electron chi connectivity index (χ1n) is 5.42. The molecule has 0 saturated heterocycles. The zero-order chi connectivity index (χ0) is 14.3. The molecule has 0 unspecified atom stereocenters. The molecule has 9 heteroatoms. The van der Waals surface area contributed by atoms with Crippen molar-refractivity contribution in [1.29, 1.82) is 0 Å². The zero-order valence-electron chi connectivity index (χ0n) is 11.4. The number of nitrogens with two attached hydrogens (primary N) is 2. The summed E-state index contributed by atoms with van der Waals surface area (Å²) in [6, 6.07) is 0. The highest BCUT2D eigenvalue weighted by Gasteiger charge is 2.28. The lowest BCUT2D eigenvalue weighted by atomic mass is 9.96. The van der Waals surface area contributed by atoms with Crippen molar-refractivity contribution >= 4 is 36.6 Å². The van der Waals surface area contributed by atoms with Crippen LogP contribution >= 0.6 is 24.8 Å². The van der Waals surface area contributed by atoms with Gasteiger partial charge in [0.2, 0.25) is 0 Å². The highest BCUT2D eigenvalue weighted by atomic mass is 35.5. The van der Waals surface area contributed by atoms with Crippen molar-refractivity contribution < 1.29 is 18.7 Å². The van der Waals surface area contributed by atoms with Gasteiger partial charge in [-0.3, -0.25) is 9.79 Å². The normalized spacial score (nSPS) is 15.3. The van der Waals surface area contributed by atoms with Crippen LogP contribution in [0.1, 0.15) is 26.7 Å². The summed E-state index contributed by atoms with van der Waals surface area (Å²) in [5, 5.41) is 8.75. The van der Waals surface area contributed by atoms with Crippen molar-refractivity contribution in [1.82, 2.24) is 0 Å². The van der Waals surface area contributed by atoms with Gasteiger partial charge in [0.1, 0.15) is 18.0 Å². The van der Waals surface area contributed by atoms with Crippen LogP contribution in [0.5, 0.6) is 0 Å². The van der Waals surface area contributed by atoms with Crippen LogP contribution in [-0.4, -0.2) is 35.7 Å². The first kappa shape index (κ1) is 24.1. The van der Waals surface area contributed by atoms with E-state index >= 15 is 0 Å². The van der Waals surface area contributed by atoms with E-state index in [1.807, 2.05) is 0 Å². The lowest BCUT2D eigenvalue weighted by Gasteiger charge is -2.18. The summed E-state index contributed by atoms with van der Waals surface area (Å²) in [5.74, 6) is -1.73. The molecule has 0 radical (unpaired) electrons. The minimum atomic E-state index is -1.54. The van der Waals surface area contributed by atoms with Crippen molar-refractivity contribution in [3.8, 4) is 0 Å². The summed E-state index contributed by atoms with van der Waals surface area (Å²) >= 11 is 0. The van der Waals surface area contributed by atoms with Crippen LogP contribution in [0.3, 0.4) is 0 Å². The molecule has 20 heavy (non-hydrogen) atoms. The number of halogens is 4. The molecule has 5 N–H and O–H groups in total. The van der Waals surface area contributed by atoms with E-state index in [1.165, 1.54) is 13.8 Å². The van der Waals surface area contributed by atoms with Crippen LogP contribution in [0, 0.1) is 0 Å². The molecule has 0 fully saturated rings. The number of hydrogen-bond acceptors (Lipinski definition) is 3. The second-order valence-corrected chi connectivity index (χ2v) is 4.32. The van der Waals surface area contributed by atoms with Gasteiger partial charge in [-0.15, -0.1) is 24.8 Å². The average Bonchev–Trinajstić information content (AvgIpc) is 2.26. The van der Waals surface area contributed by atoms with Crippen molar-refractivity contribution in [3.63, 3.8) is 0 Å². The first-order chi connectivity index (χ1) is 8.20. The topological polar surface area (TPSA) is 102 Å². The predicted molar refractivity (Wildman–Crippen MR) is 80.2 cm³/mol. The number of hydrogen-bond donors (Lipinski definition) is 3. The van der Waals surface area contributed by atoms with Gasteiger partial charge in [0, 0.05) is 12.0 Å². The number of amidine groups is 1. The maximum Gasteiger partial charge on any atom is 0.323 e. The van der Waals surface area contributed by atoms with Gasteiger partial charge in [0.05, 0.1) is 12.4 Å². The Labute approximate surface area is 129 Å². The third-order valence-electron chi connectivity index (χ3n) is 2.42. The summed E-state index contributed by atoms with van der Waals surface area (Å²) in [4.78, 5) is 14.4. The SMILES string of the molecule is CC(N)=NC/C(CF)=C(/F)CC[C@](C)(N)C(=O)O.Cl.Cl. The summed E-state index contributed by atoms with van der Waals surface area (Å²) < 4.78 is 26.2. The Morgan fingerprint density at radius 1 is 1.40 bits per heavy atom. The molecule has 0 heterocycles. The van der Waals surface area contributed by atoms with Crippen LogP contribution in [0.25, 0.3) is 0 Å². The van der Waals surface area contributed by atoms with Crippen molar-refractivity contribution in [2.24, 2.45) is 16.5 Å². The summed E-state index contributed by atoms with van der Waals surface area (Å²) in [7, 11) is 0. The number of nitrogens with zero attached hydrogens (tertiary/aromatic N) is 1. The molecule has 0 amide bonds. The average molecular weight is 336 g/mol. The molecule has 0 spiro atoms. The summed E-state index contributed by atoms with van der Waals surface area (Å²) in [6.45, 7) is 1.63. The van der Waals surface area contributed by atoms with Gasteiger partial charge < -0.3 is 16.6 Å². The molecule has 0 rings (SSSR count). The highest BCUT2D eigenvalue weighted by molar-refractivity contribution is 5.85. The van der Waals surface area contributed by atoms with Gasteiger partial charge >= 0.3 is 5.97 Å². The van der Waals surface area contributed by atoms with Gasteiger partial charge in [0.15, 0.2) is 0 Å². The van der Waals surface area contributed by atoms with Gasteiger partial charge in [-0.25, -0.2) is 8.78 Å². The Morgan fingerprint density at radius 2 is 1.90 bits per heavy atom. The lowest BCUT2D eigenvalue weighted by molar-refractivity contribution is -0.142. The van der Waals surface area contributed by atoms with Gasteiger partial charge in [-0.1, -0.05) is 0 Å². The van der Waals surface area contributed by atoms with Crippen LogP contribution < -0.4 is 11.5 Å². The predicted octanol–water partition coefficient (Wildman–Crippen LogP) is 1.98. The molecule has 0 aliphatic rings. The standard InChI is InChI=1S/C11H19F2N3O2.2ClH/c1-7(14)16-6-8(5-12)9(13)3-4-11(2,15)10(17)18;;/h3-6,15H2,1-2H3,(H2,14,16)(H,17,18);2*1H/b9-8+;;/t11-;;/m0../s1. The third kappa shape index (κ3) is 9.06. The zero-order valence-corrected chi connectivity index (χ0v) is 13.0. The molecule has 0 bridgehead atoms. The number of alkyl halides is 1. The lowest BCUT2D eigenvalue weighted by Crippen LogP contribution is -2.44. The maximum absolute atomic E-state index is 13.6. The van der Waals surface area contributed by atoms with E-state index < -0.39 is 24.0 Å². The van der Waals surface area contributed by atoms with Gasteiger partial charge in [0.25, 0.3) is 0 Å². The number of aliphatic carboxylic acids is 1. The number of carbonyl (C=O) groups is 1. The van der Waals surface area contributed by atoms with Gasteiger partial charge in [-0.2, -0.15) is 0 Å². The van der Waals surface area contributed by atoms with Crippen LogP contribution in [0.15, 0.2) is 16.4 Å². The maximum atomic E-state index is 13.6. The molecule has 0 aromatic carbocycles. The molecule has 0 aliphatic carbocycles. The Morgan fingerprint density at radius 3 is 2.25 bits per heavy atom. The van der Waals surface area contributed by atoms with E-state index in [0.717, 1.165) is 0 Å². The number of rotatable bonds is 7. The van der Waals surface area contributed by atoms with Crippen LogP contribution in [-0.2, 0) is 4.79 Å². The highest BCUT2D eigenvalue weighted by Crippen LogP contribution is 2.19. The minimum Gasteiger partial charge on any atom is -0.480 e. The third-order valence-corrected chi connectivity index (χ3v) is 2.42. The van der Waals surface area contributed by atoms with Crippen molar-refractivity contribution in [2.45, 2.75) is 32.2 Å². The fourth-order valence-corrected chi connectivity index (χ4v) is 1.07. The van der Waals surface area contributed by atoms with Gasteiger partial charge in [-0.05, 0) is 20.3 Å². The van der Waals surface area contributed by atoms with Crippen molar-refractivity contribution in [3.05, 3.63) is 11.4 Å². The smallest absolute Gasteiger partial charge is 0.323 e. The minimum absolute atomic E-state index is 0. The molecule has 0 saturated carbocycles. The number of aliphatic imine (C=N–C) groups is 1. The number of allylic oxidation sites excluding steroid dienone is 1. The molecular formula is C11H21Cl2F2N3O2. The fraction of sp³-hybridized carbons (Fsp3) is 0.636. The van der Waals surface area contributed by atoms with Crippen molar-refractivity contribution in [2.75, 3.05) is 13.2 Å². The second-order valence-electron chi connectivity index (χ2n) is 4.32. The molecule has 0 aromatic rings. The molecule has 0 aliphatic heterocycles. The van der Waals surface area contributed by atoms with E-state index in [2.05, 4.69) is 4.99 Å². The Bertz CT molecular complexity index is 371. The van der Waals surface area contributed by atoms with E-state index in [0.29, 0.717) is 0 Å². The summed E-state index contributed by atoms with van der Waals surface area (Å²) in [5.41, 5.74) is 9.03. The largest absolute Gasteiger partial charge is 0.480 e. The quantitative estimate of drug-likeness (QED) is 0.489. The van der Waals surface area contributed by atoms with E-state index in [9.17, 15) is 13.6 Å². The first-order valence-corrected chi connectivity index (χ1v) is 5.42. The molecule has 120 valence electrons. The van der Waals surface area contributed by atoms with Crippen LogP contribution in [0.4, 0.5) is 8.78 Å². The molecule has 5 nitrogen and oxygen atoms in total.